The van der Waals surface area contributed by atoms with E-state index in [9.17, 15) is 8.42 Å². The zero-order valence-corrected chi connectivity index (χ0v) is 15.8. The van der Waals surface area contributed by atoms with Crippen LogP contribution in [0.3, 0.4) is 0 Å². The Labute approximate surface area is 148 Å². The molecule has 0 fully saturated rings. The van der Waals surface area contributed by atoms with E-state index >= 15 is 0 Å². The van der Waals surface area contributed by atoms with Gasteiger partial charge in [-0.3, -0.25) is 0 Å². The predicted octanol–water partition coefficient (Wildman–Crippen LogP) is 4.26. The number of methoxy groups -OCH3 is 1. The molecule has 1 N–H and O–H groups in total. The van der Waals surface area contributed by atoms with Crippen molar-refractivity contribution in [3.8, 4) is 5.75 Å². The van der Waals surface area contributed by atoms with Crippen LogP contribution in [0.4, 0.5) is 0 Å². The third-order valence-electron chi connectivity index (χ3n) is 3.82. The van der Waals surface area contributed by atoms with E-state index in [2.05, 4.69) is 4.72 Å². The molecule has 0 aliphatic rings. The van der Waals surface area contributed by atoms with Gasteiger partial charge in [0.15, 0.2) is 0 Å². The summed E-state index contributed by atoms with van der Waals surface area (Å²) in [7, 11) is -2.03. The Morgan fingerprint density at radius 1 is 1.17 bits per heavy atom. The average molecular weight is 368 g/mol. The fraction of sp³-hybridized carbons (Fsp3) is 0.333. The van der Waals surface area contributed by atoms with E-state index in [0.717, 1.165) is 11.1 Å². The molecule has 0 radical (unpaired) electrons. The van der Waals surface area contributed by atoms with Crippen molar-refractivity contribution in [2.75, 3.05) is 7.11 Å². The number of halogens is 1. The highest BCUT2D eigenvalue weighted by atomic mass is 35.5. The maximum Gasteiger partial charge on any atom is 0.241 e. The summed E-state index contributed by atoms with van der Waals surface area (Å²) in [4.78, 5) is 0.279. The van der Waals surface area contributed by atoms with E-state index in [1.165, 1.54) is 0 Å². The molecule has 130 valence electrons. The van der Waals surface area contributed by atoms with E-state index < -0.39 is 10.0 Å². The molecule has 0 amide bonds. The minimum Gasteiger partial charge on any atom is -0.496 e. The second-order valence-electron chi connectivity index (χ2n) is 5.97. The second-order valence-corrected chi connectivity index (χ2v) is 8.14. The molecule has 0 heterocycles. The molecular weight excluding hydrogens is 346 g/mol. The molecule has 24 heavy (non-hydrogen) atoms. The van der Waals surface area contributed by atoms with Crippen molar-refractivity contribution < 1.29 is 13.2 Å². The van der Waals surface area contributed by atoms with Crippen molar-refractivity contribution in [3.63, 3.8) is 0 Å². The van der Waals surface area contributed by atoms with Gasteiger partial charge in [-0.2, -0.15) is 0 Å². The Morgan fingerprint density at radius 2 is 1.79 bits per heavy atom. The average Bonchev–Trinajstić information content (AvgIpc) is 2.53. The number of nitrogens with one attached hydrogen (secondary N) is 1. The van der Waals surface area contributed by atoms with Gasteiger partial charge >= 0.3 is 0 Å². The lowest BCUT2D eigenvalue weighted by Gasteiger charge is -2.16. The second kappa shape index (κ2) is 7.55. The Balaban J connectivity index is 2.31. The summed E-state index contributed by atoms with van der Waals surface area (Å²) in [5.41, 5.74) is 2.37. The summed E-state index contributed by atoms with van der Waals surface area (Å²) in [6, 6.07) is 10.5. The molecule has 6 heteroatoms. The SMILES string of the molecule is COc1cc(C)c(S(=O)(=O)NCc2ccc(Cl)cc2)cc1C(C)C. The first-order chi connectivity index (χ1) is 11.2. The highest BCUT2D eigenvalue weighted by molar-refractivity contribution is 7.89. The molecular formula is C18H22ClNO3S. The topological polar surface area (TPSA) is 55.4 Å². The van der Waals surface area contributed by atoms with Crippen molar-refractivity contribution in [3.05, 3.63) is 58.1 Å². The third kappa shape index (κ3) is 4.29. The van der Waals surface area contributed by atoms with Crippen LogP contribution in [-0.4, -0.2) is 15.5 Å². The lowest BCUT2D eigenvalue weighted by Crippen LogP contribution is -2.24. The Kier molecular flexibility index (Phi) is 5.91. The summed E-state index contributed by atoms with van der Waals surface area (Å²) in [5, 5.41) is 0.620. The van der Waals surface area contributed by atoms with Gasteiger partial charge in [0.2, 0.25) is 10.0 Å². The Hall–Kier alpha value is -1.56. The van der Waals surface area contributed by atoms with Gasteiger partial charge in [0, 0.05) is 11.6 Å². The van der Waals surface area contributed by atoms with Crippen LogP contribution in [-0.2, 0) is 16.6 Å². The quantitative estimate of drug-likeness (QED) is 0.829. The van der Waals surface area contributed by atoms with Crippen LogP contribution in [0.5, 0.6) is 5.75 Å². The van der Waals surface area contributed by atoms with Crippen LogP contribution in [0.1, 0.15) is 36.5 Å². The number of benzene rings is 2. The Morgan fingerprint density at radius 3 is 2.33 bits per heavy atom. The van der Waals surface area contributed by atoms with E-state index in [-0.39, 0.29) is 17.4 Å². The van der Waals surface area contributed by atoms with Crippen molar-refractivity contribution >= 4 is 21.6 Å². The van der Waals surface area contributed by atoms with Crippen molar-refractivity contribution in [2.45, 2.75) is 38.1 Å². The summed E-state index contributed by atoms with van der Waals surface area (Å²) in [6.07, 6.45) is 0. The molecule has 0 aliphatic carbocycles. The minimum atomic E-state index is -3.62. The van der Waals surface area contributed by atoms with Crippen LogP contribution in [0.2, 0.25) is 5.02 Å². The Bertz CT molecular complexity index is 815. The lowest BCUT2D eigenvalue weighted by molar-refractivity contribution is 0.406. The smallest absolute Gasteiger partial charge is 0.241 e. The number of hydrogen-bond acceptors (Lipinski definition) is 3. The van der Waals surface area contributed by atoms with Crippen molar-refractivity contribution in [1.82, 2.24) is 4.72 Å². The highest BCUT2D eigenvalue weighted by Crippen LogP contribution is 2.31. The molecule has 2 aromatic carbocycles. The highest BCUT2D eigenvalue weighted by Gasteiger charge is 2.20. The molecule has 0 saturated heterocycles. The molecule has 0 unspecified atom stereocenters. The minimum absolute atomic E-state index is 0.158. The fourth-order valence-corrected chi connectivity index (χ4v) is 3.86. The molecule has 4 nitrogen and oxygen atoms in total. The predicted molar refractivity (Wildman–Crippen MR) is 97.3 cm³/mol. The van der Waals surface area contributed by atoms with Crippen molar-refractivity contribution in [1.29, 1.82) is 0 Å². The van der Waals surface area contributed by atoms with Crippen LogP contribution < -0.4 is 9.46 Å². The van der Waals surface area contributed by atoms with E-state index in [4.69, 9.17) is 16.3 Å². The number of aryl methyl sites for hydroxylation is 1. The standard InChI is InChI=1S/C18H22ClNO3S/c1-12(2)16-10-18(13(3)9-17(16)23-4)24(21,22)20-11-14-5-7-15(19)8-6-14/h5-10,12,20H,11H2,1-4H3. The molecule has 0 spiro atoms. The molecule has 0 bridgehead atoms. The normalized spacial score (nSPS) is 11.8. The van der Waals surface area contributed by atoms with Crippen LogP contribution in [0.15, 0.2) is 41.3 Å². The summed E-state index contributed by atoms with van der Waals surface area (Å²) >= 11 is 5.84. The van der Waals surface area contributed by atoms with Gasteiger partial charge in [-0.25, -0.2) is 13.1 Å². The molecule has 2 rings (SSSR count). The number of sulfonamides is 1. The molecule has 2 aromatic rings. The third-order valence-corrected chi connectivity index (χ3v) is 5.61. The maximum atomic E-state index is 12.7. The van der Waals surface area contributed by atoms with Gasteiger partial charge < -0.3 is 4.74 Å². The van der Waals surface area contributed by atoms with Gasteiger partial charge in [-0.1, -0.05) is 37.6 Å². The van der Waals surface area contributed by atoms with Gasteiger partial charge in [0.05, 0.1) is 12.0 Å². The summed E-state index contributed by atoms with van der Waals surface area (Å²) in [5.74, 6) is 0.866. The van der Waals surface area contributed by atoms with E-state index in [0.29, 0.717) is 16.3 Å². The number of hydrogen-bond donors (Lipinski definition) is 1. The van der Waals surface area contributed by atoms with Crippen LogP contribution in [0.25, 0.3) is 0 Å². The molecule has 0 saturated carbocycles. The van der Waals surface area contributed by atoms with Gasteiger partial charge in [0.1, 0.15) is 5.75 Å². The fourth-order valence-electron chi connectivity index (χ4n) is 2.45. The molecule has 0 atom stereocenters. The van der Waals surface area contributed by atoms with Gasteiger partial charge in [-0.15, -0.1) is 0 Å². The van der Waals surface area contributed by atoms with Crippen LogP contribution in [0, 0.1) is 6.92 Å². The number of rotatable bonds is 6. The first-order valence-electron chi connectivity index (χ1n) is 7.67. The maximum absolute atomic E-state index is 12.7. The largest absolute Gasteiger partial charge is 0.496 e. The first-order valence-corrected chi connectivity index (χ1v) is 9.53. The van der Waals surface area contributed by atoms with Crippen LogP contribution >= 0.6 is 11.6 Å². The van der Waals surface area contributed by atoms with E-state index in [1.54, 1.807) is 50.4 Å². The van der Waals surface area contributed by atoms with Gasteiger partial charge in [0.25, 0.3) is 0 Å². The monoisotopic (exact) mass is 367 g/mol. The summed E-state index contributed by atoms with van der Waals surface area (Å²) < 4.78 is 33.4. The first kappa shape index (κ1) is 18.8. The number of ether oxygens (including phenoxy) is 1. The van der Waals surface area contributed by atoms with Gasteiger partial charge in [-0.05, 0) is 53.8 Å². The molecule has 0 aromatic heterocycles. The zero-order valence-electron chi connectivity index (χ0n) is 14.3. The zero-order chi connectivity index (χ0) is 17.9. The summed E-state index contributed by atoms with van der Waals surface area (Å²) in [6.45, 7) is 5.99. The van der Waals surface area contributed by atoms with Crippen molar-refractivity contribution in [2.24, 2.45) is 0 Å². The molecule has 0 aliphatic heterocycles. The van der Waals surface area contributed by atoms with E-state index in [1.807, 2.05) is 13.8 Å². The lowest BCUT2D eigenvalue weighted by atomic mass is 10.0.